The van der Waals surface area contributed by atoms with Gasteiger partial charge in [-0.2, -0.15) is 0 Å². The SMILES string of the molecule is CCC(C)C(=O)C(CC(C)C)NCCCCCN. The molecule has 0 bridgehead atoms. The first-order chi connectivity index (χ1) is 8.52. The van der Waals surface area contributed by atoms with Crippen molar-refractivity contribution in [3.8, 4) is 0 Å². The third-order valence-corrected chi connectivity index (χ3v) is 3.42. The highest BCUT2D eigenvalue weighted by Gasteiger charge is 2.22. The van der Waals surface area contributed by atoms with Crippen LogP contribution in [0.3, 0.4) is 0 Å². The fourth-order valence-corrected chi connectivity index (χ4v) is 2.04. The summed E-state index contributed by atoms with van der Waals surface area (Å²) in [6.07, 6.45) is 5.22. The van der Waals surface area contributed by atoms with Gasteiger partial charge in [0.15, 0.2) is 5.78 Å². The van der Waals surface area contributed by atoms with Crippen molar-refractivity contribution >= 4 is 5.78 Å². The minimum absolute atomic E-state index is 0.0397. The lowest BCUT2D eigenvalue weighted by Crippen LogP contribution is -2.41. The maximum atomic E-state index is 12.2. The van der Waals surface area contributed by atoms with Gasteiger partial charge in [0.1, 0.15) is 0 Å². The molecule has 0 saturated heterocycles. The molecule has 0 aromatic heterocycles. The summed E-state index contributed by atoms with van der Waals surface area (Å²) < 4.78 is 0. The summed E-state index contributed by atoms with van der Waals surface area (Å²) >= 11 is 0. The topological polar surface area (TPSA) is 55.1 Å². The van der Waals surface area contributed by atoms with Crippen molar-refractivity contribution in [1.82, 2.24) is 5.32 Å². The van der Waals surface area contributed by atoms with Crippen LogP contribution in [0, 0.1) is 11.8 Å². The Labute approximate surface area is 113 Å². The summed E-state index contributed by atoms with van der Waals surface area (Å²) in [6, 6.07) is 0.0397. The number of nitrogens with two attached hydrogens (primary N) is 1. The van der Waals surface area contributed by atoms with Crippen molar-refractivity contribution in [3.05, 3.63) is 0 Å². The molecule has 0 saturated carbocycles. The first-order valence-electron chi connectivity index (χ1n) is 7.50. The van der Waals surface area contributed by atoms with E-state index in [1.807, 2.05) is 6.92 Å². The number of hydrogen-bond donors (Lipinski definition) is 2. The van der Waals surface area contributed by atoms with Crippen LogP contribution < -0.4 is 11.1 Å². The highest BCUT2D eigenvalue weighted by atomic mass is 16.1. The number of Topliss-reactive ketones (excluding diaryl/α,β-unsaturated/α-hetero) is 1. The van der Waals surface area contributed by atoms with Crippen LogP contribution in [0.4, 0.5) is 0 Å². The molecule has 2 unspecified atom stereocenters. The maximum Gasteiger partial charge on any atom is 0.152 e. The summed E-state index contributed by atoms with van der Waals surface area (Å²) in [4.78, 5) is 12.2. The van der Waals surface area contributed by atoms with E-state index in [1.165, 1.54) is 0 Å². The summed E-state index contributed by atoms with van der Waals surface area (Å²) in [7, 11) is 0. The van der Waals surface area contributed by atoms with Gasteiger partial charge in [-0.05, 0) is 44.7 Å². The molecule has 0 amide bonds. The van der Waals surface area contributed by atoms with Crippen molar-refractivity contribution in [3.63, 3.8) is 0 Å². The Bertz CT molecular complexity index is 217. The molecule has 0 fully saturated rings. The van der Waals surface area contributed by atoms with E-state index in [4.69, 9.17) is 5.73 Å². The van der Waals surface area contributed by atoms with Crippen molar-refractivity contribution in [2.75, 3.05) is 13.1 Å². The summed E-state index contributed by atoms with van der Waals surface area (Å²) in [5.74, 6) is 1.11. The minimum Gasteiger partial charge on any atom is -0.330 e. The smallest absolute Gasteiger partial charge is 0.152 e. The van der Waals surface area contributed by atoms with E-state index in [-0.39, 0.29) is 12.0 Å². The molecule has 2 atom stereocenters. The van der Waals surface area contributed by atoms with Gasteiger partial charge in [0, 0.05) is 5.92 Å². The van der Waals surface area contributed by atoms with E-state index >= 15 is 0 Å². The third kappa shape index (κ3) is 7.83. The molecule has 0 rings (SSSR count). The first-order valence-corrected chi connectivity index (χ1v) is 7.50. The second kappa shape index (κ2) is 10.5. The van der Waals surface area contributed by atoms with Crippen LogP contribution in [0.2, 0.25) is 0 Å². The van der Waals surface area contributed by atoms with Gasteiger partial charge in [-0.25, -0.2) is 0 Å². The summed E-state index contributed by atoms with van der Waals surface area (Å²) in [5, 5.41) is 3.43. The molecule has 3 N–H and O–H groups in total. The number of carbonyl (C=O) groups is 1. The van der Waals surface area contributed by atoms with Crippen LogP contribution in [0.15, 0.2) is 0 Å². The molecule has 0 aromatic carbocycles. The lowest BCUT2D eigenvalue weighted by atomic mass is 9.92. The van der Waals surface area contributed by atoms with Crippen LogP contribution in [0.5, 0.6) is 0 Å². The Morgan fingerprint density at radius 2 is 1.83 bits per heavy atom. The average Bonchev–Trinajstić information content (AvgIpc) is 2.34. The molecule has 18 heavy (non-hydrogen) atoms. The van der Waals surface area contributed by atoms with Gasteiger partial charge in [-0.1, -0.05) is 34.1 Å². The molecule has 0 heterocycles. The van der Waals surface area contributed by atoms with E-state index in [1.54, 1.807) is 0 Å². The predicted octanol–water partition coefficient (Wildman–Crippen LogP) is 2.73. The Morgan fingerprint density at radius 1 is 1.17 bits per heavy atom. The molecule has 0 aromatic rings. The first kappa shape index (κ1) is 17.6. The molecule has 0 aliphatic heterocycles. The van der Waals surface area contributed by atoms with Crippen LogP contribution in [0.25, 0.3) is 0 Å². The third-order valence-electron chi connectivity index (χ3n) is 3.42. The molecular formula is C15H32N2O. The Morgan fingerprint density at radius 3 is 2.33 bits per heavy atom. The van der Waals surface area contributed by atoms with E-state index in [0.717, 1.165) is 45.2 Å². The molecule has 0 aliphatic rings. The van der Waals surface area contributed by atoms with Crippen LogP contribution in [-0.4, -0.2) is 24.9 Å². The van der Waals surface area contributed by atoms with E-state index in [2.05, 4.69) is 26.1 Å². The van der Waals surface area contributed by atoms with Crippen molar-refractivity contribution < 1.29 is 4.79 Å². The van der Waals surface area contributed by atoms with Gasteiger partial charge in [0.05, 0.1) is 6.04 Å². The fourth-order valence-electron chi connectivity index (χ4n) is 2.04. The number of unbranched alkanes of at least 4 members (excludes halogenated alkanes) is 2. The van der Waals surface area contributed by atoms with E-state index < -0.39 is 0 Å². The second-order valence-electron chi connectivity index (χ2n) is 5.70. The molecule has 0 radical (unpaired) electrons. The van der Waals surface area contributed by atoms with Gasteiger partial charge >= 0.3 is 0 Å². The number of hydrogen-bond acceptors (Lipinski definition) is 3. The Kier molecular flexibility index (Phi) is 10.3. The van der Waals surface area contributed by atoms with Crippen LogP contribution >= 0.6 is 0 Å². The Hall–Kier alpha value is -0.410. The van der Waals surface area contributed by atoms with Gasteiger partial charge in [-0.3, -0.25) is 4.79 Å². The zero-order valence-corrected chi connectivity index (χ0v) is 12.7. The maximum absolute atomic E-state index is 12.2. The molecule has 0 spiro atoms. The largest absolute Gasteiger partial charge is 0.330 e. The number of carbonyl (C=O) groups excluding carboxylic acids is 1. The van der Waals surface area contributed by atoms with Gasteiger partial charge in [0.25, 0.3) is 0 Å². The lowest BCUT2D eigenvalue weighted by Gasteiger charge is -2.22. The summed E-state index contributed by atoms with van der Waals surface area (Å²) in [5.41, 5.74) is 5.47. The second-order valence-corrected chi connectivity index (χ2v) is 5.70. The highest BCUT2D eigenvalue weighted by Crippen LogP contribution is 2.13. The number of nitrogens with one attached hydrogen (secondary N) is 1. The predicted molar refractivity (Wildman–Crippen MR) is 78.6 cm³/mol. The zero-order chi connectivity index (χ0) is 14.0. The van der Waals surface area contributed by atoms with E-state index in [9.17, 15) is 4.79 Å². The van der Waals surface area contributed by atoms with Crippen molar-refractivity contribution in [2.24, 2.45) is 17.6 Å². The van der Waals surface area contributed by atoms with Crippen molar-refractivity contribution in [1.29, 1.82) is 0 Å². The van der Waals surface area contributed by atoms with Gasteiger partial charge in [-0.15, -0.1) is 0 Å². The monoisotopic (exact) mass is 256 g/mol. The summed E-state index contributed by atoms with van der Waals surface area (Å²) in [6.45, 7) is 10.2. The molecule has 0 aliphatic carbocycles. The number of rotatable bonds is 11. The quantitative estimate of drug-likeness (QED) is 0.559. The number of ketones is 1. The molecule has 108 valence electrons. The van der Waals surface area contributed by atoms with Gasteiger partial charge < -0.3 is 11.1 Å². The molecular weight excluding hydrogens is 224 g/mol. The highest BCUT2D eigenvalue weighted by molar-refractivity contribution is 5.85. The van der Waals surface area contributed by atoms with Gasteiger partial charge in [0.2, 0.25) is 0 Å². The Balaban J connectivity index is 4.10. The minimum atomic E-state index is 0.0397. The molecule has 3 nitrogen and oxygen atoms in total. The van der Waals surface area contributed by atoms with Crippen molar-refractivity contribution in [2.45, 2.75) is 65.8 Å². The normalized spacial score (nSPS) is 14.8. The van der Waals surface area contributed by atoms with E-state index in [0.29, 0.717) is 11.7 Å². The lowest BCUT2D eigenvalue weighted by molar-refractivity contribution is -0.124. The fraction of sp³-hybridized carbons (Fsp3) is 0.933. The average molecular weight is 256 g/mol. The zero-order valence-electron chi connectivity index (χ0n) is 12.7. The van der Waals surface area contributed by atoms with Crippen LogP contribution in [-0.2, 0) is 4.79 Å². The molecule has 3 heteroatoms. The standard InChI is InChI=1S/C15H32N2O/c1-5-13(4)15(18)14(11-12(2)3)17-10-8-6-7-9-16/h12-14,17H,5-11,16H2,1-4H3. The van der Waals surface area contributed by atoms with Crippen LogP contribution in [0.1, 0.15) is 59.8 Å².